The number of sulfonamides is 1. The summed E-state index contributed by atoms with van der Waals surface area (Å²) >= 11 is 1.46. The van der Waals surface area contributed by atoms with Crippen LogP contribution in [0.5, 0.6) is 0 Å². The molecule has 1 saturated heterocycles. The molecule has 210 valence electrons. The smallest absolute Gasteiger partial charge is 0.257 e. The number of benzene rings is 1. The van der Waals surface area contributed by atoms with Gasteiger partial charge in [-0.1, -0.05) is 19.1 Å². The molecule has 2 aromatic rings. The molecule has 0 radical (unpaired) electrons. The first-order valence-corrected chi connectivity index (χ1v) is 15.4. The van der Waals surface area contributed by atoms with Crippen LogP contribution in [-0.2, 0) is 27.7 Å². The number of morpholine rings is 1. The number of nitrogens with zero attached hydrogens (tertiary/aromatic N) is 3. The molecule has 0 unspecified atom stereocenters. The van der Waals surface area contributed by atoms with E-state index in [9.17, 15) is 18.0 Å². The van der Waals surface area contributed by atoms with E-state index < -0.39 is 15.9 Å². The van der Waals surface area contributed by atoms with E-state index in [1.807, 2.05) is 0 Å². The van der Waals surface area contributed by atoms with Gasteiger partial charge in [0.1, 0.15) is 5.00 Å². The maximum absolute atomic E-state index is 13.6. The predicted octanol–water partition coefficient (Wildman–Crippen LogP) is 3.60. The van der Waals surface area contributed by atoms with Crippen molar-refractivity contribution in [3.8, 4) is 0 Å². The summed E-state index contributed by atoms with van der Waals surface area (Å²) in [5.74, 6) is -0.478. The van der Waals surface area contributed by atoms with Crippen molar-refractivity contribution in [1.29, 1.82) is 0 Å². The van der Waals surface area contributed by atoms with E-state index in [4.69, 9.17) is 4.74 Å². The largest absolute Gasteiger partial charge is 0.378 e. The summed E-state index contributed by atoms with van der Waals surface area (Å²) in [5, 5.41) is 3.51. The average Bonchev–Trinajstić information content (AvgIpc) is 3.30. The van der Waals surface area contributed by atoms with Crippen molar-refractivity contribution in [3.63, 3.8) is 0 Å². The molecule has 4 rings (SSSR count). The highest BCUT2D eigenvalue weighted by Gasteiger charge is 2.32. The van der Waals surface area contributed by atoms with Gasteiger partial charge in [0, 0.05) is 49.7 Å². The number of carbonyl (C=O) groups is 2. The fourth-order valence-electron chi connectivity index (χ4n) is 4.86. The van der Waals surface area contributed by atoms with Gasteiger partial charge in [-0.25, -0.2) is 8.42 Å². The van der Waals surface area contributed by atoms with Crippen LogP contribution in [0, 0.1) is 0 Å². The predicted molar refractivity (Wildman–Crippen MR) is 154 cm³/mol. The molecule has 0 aliphatic carbocycles. The second-order valence-corrected chi connectivity index (χ2v) is 12.6. The number of hydrogen-bond donors (Lipinski definition) is 1. The number of rotatable bonds is 11. The van der Waals surface area contributed by atoms with Gasteiger partial charge >= 0.3 is 0 Å². The molecule has 0 atom stereocenters. The molecule has 1 N–H and O–H groups in total. The van der Waals surface area contributed by atoms with Crippen LogP contribution in [-0.4, -0.2) is 86.8 Å². The average molecular weight is 573 g/mol. The van der Waals surface area contributed by atoms with Crippen molar-refractivity contribution < 1.29 is 22.7 Å². The fraction of sp³-hybridized carbons (Fsp3) is 0.429. The molecule has 9 nitrogen and oxygen atoms in total. The van der Waals surface area contributed by atoms with Gasteiger partial charge in [0.25, 0.3) is 11.8 Å². The van der Waals surface area contributed by atoms with Crippen molar-refractivity contribution in [1.82, 2.24) is 14.1 Å². The summed E-state index contributed by atoms with van der Waals surface area (Å²) in [5.41, 5.74) is 1.90. The monoisotopic (exact) mass is 572 g/mol. The quantitative estimate of drug-likeness (QED) is 0.413. The van der Waals surface area contributed by atoms with Crippen LogP contribution in [0.4, 0.5) is 5.00 Å². The SMILES string of the molecule is C=CCN(CC=C)S(=O)(=O)c1ccc(C(=O)Nc2sc3c(c2C(=O)N2CCOCC2)CCN(CCC)C3)cc1. The molecule has 2 aliphatic rings. The maximum Gasteiger partial charge on any atom is 0.257 e. The Morgan fingerprint density at radius 2 is 1.77 bits per heavy atom. The Balaban J connectivity index is 1.59. The molecule has 11 heteroatoms. The number of thiophene rings is 1. The van der Waals surface area contributed by atoms with E-state index in [-0.39, 0.29) is 23.9 Å². The van der Waals surface area contributed by atoms with E-state index in [0.717, 1.165) is 42.9 Å². The van der Waals surface area contributed by atoms with Gasteiger partial charge in [-0.3, -0.25) is 14.5 Å². The van der Waals surface area contributed by atoms with Crippen LogP contribution < -0.4 is 5.32 Å². The third-order valence-corrected chi connectivity index (χ3v) is 9.81. The van der Waals surface area contributed by atoms with Crippen LogP contribution in [0.25, 0.3) is 0 Å². The van der Waals surface area contributed by atoms with E-state index in [1.54, 1.807) is 4.90 Å². The molecule has 0 saturated carbocycles. The first-order chi connectivity index (χ1) is 18.8. The molecule has 0 spiro atoms. The highest BCUT2D eigenvalue weighted by atomic mass is 32.2. The van der Waals surface area contributed by atoms with Crippen LogP contribution in [0.15, 0.2) is 54.5 Å². The Labute approximate surface area is 234 Å². The Morgan fingerprint density at radius 1 is 1.10 bits per heavy atom. The fourth-order valence-corrected chi connectivity index (χ4v) is 7.52. The lowest BCUT2D eigenvalue weighted by molar-refractivity contribution is 0.0302. The zero-order valence-corrected chi connectivity index (χ0v) is 24.0. The molecule has 0 bridgehead atoms. The van der Waals surface area contributed by atoms with Crippen LogP contribution in [0.1, 0.15) is 44.5 Å². The van der Waals surface area contributed by atoms with E-state index in [0.29, 0.717) is 42.4 Å². The van der Waals surface area contributed by atoms with Gasteiger partial charge < -0.3 is 15.0 Å². The van der Waals surface area contributed by atoms with Crippen molar-refractivity contribution in [2.24, 2.45) is 0 Å². The lowest BCUT2D eigenvalue weighted by Crippen LogP contribution is -2.41. The van der Waals surface area contributed by atoms with Crippen molar-refractivity contribution in [2.75, 3.05) is 57.8 Å². The van der Waals surface area contributed by atoms with Crippen molar-refractivity contribution >= 4 is 38.2 Å². The Hall–Kier alpha value is -2.83. The zero-order valence-electron chi connectivity index (χ0n) is 22.4. The second kappa shape index (κ2) is 13.0. The summed E-state index contributed by atoms with van der Waals surface area (Å²) in [4.78, 5) is 32.3. The van der Waals surface area contributed by atoms with Crippen molar-refractivity contribution in [2.45, 2.75) is 31.2 Å². The highest BCUT2D eigenvalue weighted by Crippen LogP contribution is 2.38. The molecule has 2 amide bonds. The maximum atomic E-state index is 13.6. The minimum absolute atomic E-state index is 0.0773. The van der Waals surface area contributed by atoms with E-state index in [1.165, 1.54) is 52.1 Å². The molecule has 1 fully saturated rings. The van der Waals surface area contributed by atoms with Gasteiger partial charge in [0.05, 0.1) is 23.7 Å². The molecule has 3 heterocycles. The third-order valence-electron chi connectivity index (χ3n) is 6.83. The Bertz CT molecular complexity index is 1300. The first-order valence-electron chi connectivity index (χ1n) is 13.2. The first kappa shape index (κ1) is 29.2. The number of anilines is 1. The molecule has 1 aromatic heterocycles. The minimum Gasteiger partial charge on any atom is -0.378 e. The summed E-state index contributed by atoms with van der Waals surface area (Å²) in [7, 11) is -3.77. The van der Waals surface area contributed by atoms with Gasteiger partial charge in [0.2, 0.25) is 10.0 Å². The number of hydrogen-bond acceptors (Lipinski definition) is 7. The summed E-state index contributed by atoms with van der Waals surface area (Å²) in [6.45, 7) is 14.3. The van der Waals surface area contributed by atoms with Crippen molar-refractivity contribution in [3.05, 3.63) is 71.1 Å². The number of carbonyl (C=O) groups excluding carboxylic acids is 2. The summed E-state index contributed by atoms with van der Waals surface area (Å²) in [6, 6.07) is 5.82. The van der Waals surface area contributed by atoms with Gasteiger partial charge in [-0.2, -0.15) is 4.31 Å². The molecule has 2 aliphatic heterocycles. The van der Waals surface area contributed by atoms with E-state index >= 15 is 0 Å². The topological polar surface area (TPSA) is 99.3 Å². The molecular weight excluding hydrogens is 536 g/mol. The lowest BCUT2D eigenvalue weighted by Gasteiger charge is -2.29. The van der Waals surface area contributed by atoms with Gasteiger partial charge in [-0.05, 0) is 49.2 Å². The van der Waals surface area contributed by atoms with Crippen LogP contribution in [0.3, 0.4) is 0 Å². The minimum atomic E-state index is -3.77. The lowest BCUT2D eigenvalue weighted by atomic mass is 10.0. The number of nitrogens with one attached hydrogen (secondary N) is 1. The molecule has 39 heavy (non-hydrogen) atoms. The number of amides is 2. The molecular formula is C28H36N4O5S2. The summed E-state index contributed by atoms with van der Waals surface area (Å²) in [6.07, 6.45) is 4.83. The Morgan fingerprint density at radius 3 is 2.38 bits per heavy atom. The number of fused-ring (bicyclic) bond motifs is 1. The summed E-state index contributed by atoms with van der Waals surface area (Å²) < 4.78 is 32.7. The highest BCUT2D eigenvalue weighted by molar-refractivity contribution is 7.89. The van der Waals surface area contributed by atoms with Gasteiger partial charge in [-0.15, -0.1) is 24.5 Å². The number of ether oxygens (including phenoxy) is 1. The van der Waals surface area contributed by atoms with Crippen LogP contribution in [0.2, 0.25) is 0 Å². The normalized spacial score (nSPS) is 16.1. The Kier molecular flexibility index (Phi) is 9.73. The molecule has 1 aromatic carbocycles. The van der Waals surface area contributed by atoms with Crippen LogP contribution >= 0.6 is 11.3 Å². The zero-order chi connectivity index (χ0) is 28.0. The van der Waals surface area contributed by atoms with Gasteiger partial charge in [0.15, 0.2) is 0 Å². The second-order valence-electron chi connectivity index (χ2n) is 9.52. The standard InChI is InChI=1S/C28H36N4O5S2/c1-4-12-30-15-11-23-24(20-30)38-27(25(23)28(34)31-16-18-37-19-17-31)29-26(33)21-7-9-22(10-8-21)39(35,36)32(13-5-2)14-6-3/h5-10H,2-4,11-20H2,1H3,(H,29,33). The van der Waals surface area contributed by atoms with E-state index in [2.05, 4.69) is 30.3 Å². The third kappa shape index (κ3) is 6.50.